The highest BCUT2D eigenvalue weighted by atomic mass is 35.5. The van der Waals surface area contributed by atoms with Gasteiger partial charge in [-0.1, -0.05) is 31.0 Å². The van der Waals surface area contributed by atoms with Crippen LogP contribution in [-0.4, -0.2) is 16.8 Å². The molecule has 1 aromatic heterocycles. The van der Waals surface area contributed by atoms with E-state index in [1.165, 1.54) is 11.3 Å². The molecule has 0 fully saturated rings. The summed E-state index contributed by atoms with van der Waals surface area (Å²) in [5.74, 6) is 0. The Kier molecular flexibility index (Phi) is 4.39. The maximum absolute atomic E-state index is 6.04. The first-order valence-electron chi connectivity index (χ1n) is 6.22. The van der Waals surface area contributed by atoms with Gasteiger partial charge in [0.1, 0.15) is 0 Å². The third kappa shape index (κ3) is 2.74. The molecule has 0 amide bonds. The van der Waals surface area contributed by atoms with E-state index in [4.69, 9.17) is 11.6 Å². The standard InChI is InChI=1S/C14H18ClN3/c1-3-5-14-11(9-16-2)10-17-18(14)13-7-4-6-12(15)8-13/h4,6-8,10,16H,3,5,9H2,1-2H3. The molecule has 0 saturated carbocycles. The van der Waals surface area contributed by atoms with Gasteiger partial charge in [-0.05, 0) is 31.7 Å². The molecule has 0 aliphatic carbocycles. The minimum Gasteiger partial charge on any atom is -0.316 e. The summed E-state index contributed by atoms with van der Waals surface area (Å²) in [5.41, 5.74) is 3.53. The van der Waals surface area contributed by atoms with Crippen LogP contribution < -0.4 is 5.32 Å². The van der Waals surface area contributed by atoms with Crippen LogP contribution in [-0.2, 0) is 13.0 Å². The lowest BCUT2D eigenvalue weighted by Crippen LogP contribution is -2.09. The Morgan fingerprint density at radius 1 is 1.39 bits per heavy atom. The van der Waals surface area contributed by atoms with E-state index in [0.29, 0.717) is 0 Å². The number of benzene rings is 1. The number of rotatable bonds is 5. The predicted molar refractivity (Wildman–Crippen MR) is 75.3 cm³/mol. The average Bonchev–Trinajstić information content (AvgIpc) is 2.74. The Hall–Kier alpha value is -1.32. The number of hydrogen-bond acceptors (Lipinski definition) is 2. The molecule has 1 N–H and O–H groups in total. The molecule has 2 rings (SSSR count). The van der Waals surface area contributed by atoms with Gasteiger partial charge in [0.05, 0.1) is 11.9 Å². The third-order valence-electron chi connectivity index (χ3n) is 2.86. The quantitative estimate of drug-likeness (QED) is 0.898. The fourth-order valence-corrected chi connectivity index (χ4v) is 2.26. The van der Waals surface area contributed by atoms with Crippen LogP contribution in [0, 0.1) is 0 Å². The summed E-state index contributed by atoms with van der Waals surface area (Å²) in [6.07, 6.45) is 4.05. The zero-order chi connectivity index (χ0) is 13.0. The Morgan fingerprint density at radius 3 is 2.89 bits per heavy atom. The zero-order valence-corrected chi connectivity index (χ0v) is 11.5. The second-order valence-corrected chi connectivity index (χ2v) is 4.72. The summed E-state index contributed by atoms with van der Waals surface area (Å²) >= 11 is 6.04. The van der Waals surface area contributed by atoms with Gasteiger partial charge >= 0.3 is 0 Å². The maximum Gasteiger partial charge on any atom is 0.0663 e. The summed E-state index contributed by atoms with van der Waals surface area (Å²) in [6.45, 7) is 3.02. The van der Waals surface area contributed by atoms with Crippen molar-refractivity contribution in [3.8, 4) is 5.69 Å². The molecule has 0 saturated heterocycles. The lowest BCUT2D eigenvalue weighted by atomic mass is 10.1. The number of aromatic nitrogens is 2. The van der Waals surface area contributed by atoms with Crippen LogP contribution in [0.2, 0.25) is 5.02 Å². The number of nitrogens with zero attached hydrogens (tertiary/aromatic N) is 2. The summed E-state index contributed by atoms with van der Waals surface area (Å²) in [5, 5.41) is 8.40. The van der Waals surface area contributed by atoms with Gasteiger partial charge in [-0.3, -0.25) is 0 Å². The van der Waals surface area contributed by atoms with E-state index in [1.54, 1.807) is 0 Å². The van der Waals surface area contributed by atoms with E-state index in [1.807, 2.05) is 42.2 Å². The van der Waals surface area contributed by atoms with Crippen LogP contribution in [0.3, 0.4) is 0 Å². The van der Waals surface area contributed by atoms with E-state index < -0.39 is 0 Å². The van der Waals surface area contributed by atoms with E-state index in [-0.39, 0.29) is 0 Å². The molecule has 0 atom stereocenters. The SMILES string of the molecule is CCCc1c(CNC)cnn1-c1cccc(Cl)c1. The molecule has 0 radical (unpaired) electrons. The molecule has 1 heterocycles. The molecule has 3 nitrogen and oxygen atoms in total. The Balaban J connectivity index is 2.43. The van der Waals surface area contributed by atoms with Gasteiger partial charge in [0, 0.05) is 22.8 Å². The Labute approximate surface area is 113 Å². The van der Waals surface area contributed by atoms with Crippen LogP contribution in [0.4, 0.5) is 0 Å². The molecule has 0 aliphatic heterocycles. The van der Waals surface area contributed by atoms with Gasteiger partial charge in [-0.2, -0.15) is 5.10 Å². The Morgan fingerprint density at radius 2 is 2.22 bits per heavy atom. The van der Waals surface area contributed by atoms with Crippen LogP contribution in [0.1, 0.15) is 24.6 Å². The highest BCUT2D eigenvalue weighted by Crippen LogP contribution is 2.19. The van der Waals surface area contributed by atoms with Crippen molar-refractivity contribution in [2.24, 2.45) is 0 Å². The van der Waals surface area contributed by atoms with Gasteiger partial charge in [-0.15, -0.1) is 0 Å². The predicted octanol–water partition coefficient (Wildman–Crippen LogP) is 3.20. The topological polar surface area (TPSA) is 29.9 Å². The lowest BCUT2D eigenvalue weighted by molar-refractivity contribution is 0.750. The lowest BCUT2D eigenvalue weighted by Gasteiger charge is -2.09. The molecule has 0 aliphatic rings. The fraction of sp³-hybridized carbons (Fsp3) is 0.357. The molecular weight excluding hydrogens is 246 g/mol. The van der Waals surface area contributed by atoms with E-state index in [0.717, 1.165) is 30.1 Å². The molecule has 0 spiro atoms. The molecule has 0 bridgehead atoms. The molecule has 0 unspecified atom stereocenters. The van der Waals surface area contributed by atoms with Crippen LogP contribution in [0.25, 0.3) is 5.69 Å². The molecule has 2 aromatic rings. The van der Waals surface area contributed by atoms with Crippen molar-refractivity contribution in [1.82, 2.24) is 15.1 Å². The first kappa shape index (κ1) is 13.1. The van der Waals surface area contributed by atoms with Gasteiger partial charge < -0.3 is 5.32 Å². The fourth-order valence-electron chi connectivity index (χ4n) is 2.08. The van der Waals surface area contributed by atoms with Crippen molar-refractivity contribution < 1.29 is 0 Å². The van der Waals surface area contributed by atoms with Gasteiger partial charge in [0.2, 0.25) is 0 Å². The maximum atomic E-state index is 6.04. The number of hydrogen-bond donors (Lipinski definition) is 1. The number of halogens is 1. The van der Waals surface area contributed by atoms with Gasteiger partial charge in [0.25, 0.3) is 0 Å². The van der Waals surface area contributed by atoms with Crippen molar-refractivity contribution in [2.45, 2.75) is 26.3 Å². The van der Waals surface area contributed by atoms with Crippen LogP contribution >= 0.6 is 11.6 Å². The molecule has 4 heteroatoms. The van der Waals surface area contributed by atoms with E-state index >= 15 is 0 Å². The monoisotopic (exact) mass is 263 g/mol. The van der Waals surface area contributed by atoms with Gasteiger partial charge in [0.15, 0.2) is 0 Å². The van der Waals surface area contributed by atoms with Crippen LogP contribution in [0.5, 0.6) is 0 Å². The third-order valence-corrected chi connectivity index (χ3v) is 3.10. The largest absolute Gasteiger partial charge is 0.316 e. The summed E-state index contributed by atoms with van der Waals surface area (Å²) in [6, 6.07) is 7.80. The highest BCUT2D eigenvalue weighted by Gasteiger charge is 2.11. The molecule has 1 aromatic carbocycles. The second kappa shape index (κ2) is 6.03. The van der Waals surface area contributed by atoms with Crippen molar-refractivity contribution in [3.63, 3.8) is 0 Å². The Bertz CT molecular complexity index is 520. The van der Waals surface area contributed by atoms with E-state index in [2.05, 4.69) is 17.3 Å². The average molecular weight is 264 g/mol. The minimum absolute atomic E-state index is 0.737. The van der Waals surface area contributed by atoms with Crippen molar-refractivity contribution >= 4 is 11.6 Å². The molecule has 18 heavy (non-hydrogen) atoms. The first-order valence-corrected chi connectivity index (χ1v) is 6.60. The van der Waals surface area contributed by atoms with Gasteiger partial charge in [-0.25, -0.2) is 4.68 Å². The number of nitrogens with one attached hydrogen (secondary N) is 1. The normalized spacial score (nSPS) is 10.8. The molecule has 96 valence electrons. The summed E-state index contributed by atoms with van der Waals surface area (Å²) < 4.78 is 1.99. The van der Waals surface area contributed by atoms with Crippen molar-refractivity contribution in [2.75, 3.05) is 7.05 Å². The minimum atomic E-state index is 0.737. The summed E-state index contributed by atoms with van der Waals surface area (Å²) in [4.78, 5) is 0. The van der Waals surface area contributed by atoms with Crippen LogP contribution in [0.15, 0.2) is 30.5 Å². The molecular formula is C14H18ClN3. The van der Waals surface area contributed by atoms with Crippen molar-refractivity contribution in [1.29, 1.82) is 0 Å². The van der Waals surface area contributed by atoms with E-state index in [9.17, 15) is 0 Å². The first-order chi connectivity index (χ1) is 8.76. The highest BCUT2D eigenvalue weighted by molar-refractivity contribution is 6.30. The van der Waals surface area contributed by atoms with Crippen molar-refractivity contribution in [3.05, 3.63) is 46.7 Å². The smallest absolute Gasteiger partial charge is 0.0663 e. The zero-order valence-electron chi connectivity index (χ0n) is 10.8. The summed E-state index contributed by atoms with van der Waals surface area (Å²) in [7, 11) is 1.95. The second-order valence-electron chi connectivity index (χ2n) is 4.29.